The maximum atomic E-state index is 13.0. The van der Waals surface area contributed by atoms with E-state index in [1.165, 1.54) is 19.3 Å². The Morgan fingerprint density at radius 2 is 1.86 bits per heavy atom. The lowest BCUT2D eigenvalue weighted by Gasteiger charge is -2.42. The number of carbonyl (C=O) groups excluding carboxylic acids is 1. The molecule has 2 unspecified atom stereocenters. The van der Waals surface area contributed by atoms with Gasteiger partial charge >= 0.3 is 0 Å². The van der Waals surface area contributed by atoms with Crippen molar-refractivity contribution in [3.63, 3.8) is 0 Å². The second-order valence-electron chi connectivity index (χ2n) is 7.02. The lowest BCUT2D eigenvalue weighted by Crippen LogP contribution is -2.58. The van der Waals surface area contributed by atoms with Gasteiger partial charge in [0.2, 0.25) is 5.91 Å². The van der Waals surface area contributed by atoms with E-state index in [2.05, 4.69) is 34.0 Å². The van der Waals surface area contributed by atoms with Crippen LogP contribution in [0.1, 0.15) is 32.6 Å². The zero-order valence-electron chi connectivity index (χ0n) is 13.6. The van der Waals surface area contributed by atoms with Crippen molar-refractivity contribution in [2.75, 3.05) is 46.3 Å². The van der Waals surface area contributed by atoms with Crippen LogP contribution in [0.2, 0.25) is 0 Å². The lowest BCUT2D eigenvalue weighted by atomic mass is 10.0. The highest BCUT2D eigenvalue weighted by molar-refractivity contribution is 5.82. The Kier molecular flexibility index (Phi) is 4.82. The second kappa shape index (κ2) is 6.63. The molecule has 3 rings (SSSR count). The molecule has 5 heteroatoms. The molecular formula is C16H30N4O. The average molecular weight is 294 g/mol. The van der Waals surface area contributed by atoms with Crippen molar-refractivity contribution in [1.29, 1.82) is 0 Å². The molecule has 2 atom stereocenters. The number of hydrogen-bond acceptors (Lipinski definition) is 4. The van der Waals surface area contributed by atoms with E-state index in [1.54, 1.807) is 0 Å². The van der Waals surface area contributed by atoms with Gasteiger partial charge < -0.3 is 15.1 Å². The molecular weight excluding hydrogens is 264 g/mol. The van der Waals surface area contributed by atoms with Crippen LogP contribution in [0.25, 0.3) is 0 Å². The Hall–Kier alpha value is -0.650. The van der Waals surface area contributed by atoms with Crippen LogP contribution in [-0.2, 0) is 4.79 Å². The number of hydrogen-bond donors (Lipinski definition) is 1. The first kappa shape index (κ1) is 15.3. The average Bonchev–Trinajstić information content (AvgIpc) is 2.97. The van der Waals surface area contributed by atoms with Crippen LogP contribution in [0.15, 0.2) is 0 Å². The highest BCUT2D eigenvalue weighted by Crippen LogP contribution is 2.26. The van der Waals surface area contributed by atoms with E-state index in [1.807, 2.05) is 0 Å². The van der Waals surface area contributed by atoms with Gasteiger partial charge in [-0.2, -0.15) is 0 Å². The van der Waals surface area contributed by atoms with Crippen LogP contribution < -0.4 is 5.32 Å². The predicted octanol–water partition coefficient (Wildman–Crippen LogP) is 0.365. The third kappa shape index (κ3) is 3.25. The normalized spacial score (nSPS) is 33.5. The summed E-state index contributed by atoms with van der Waals surface area (Å²) in [6, 6.07) is 1.12. The van der Waals surface area contributed by atoms with Crippen LogP contribution in [0.5, 0.6) is 0 Å². The molecule has 21 heavy (non-hydrogen) atoms. The third-order valence-corrected chi connectivity index (χ3v) is 5.47. The van der Waals surface area contributed by atoms with Crippen LogP contribution in [0, 0.1) is 0 Å². The zero-order chi connectivity index (χ0) is 14.8. The third-order valence-electron chi connectivity index (χ3n) is 5.47. The number of piperidine rings is 1. The molecule has 0 aromatic rings. The first-order chi connectivity index (χ1) is 10.2. The number of nitrogens with zero attached hydrogens (tertiary/aromatic N) is 3. The van der Waals surface area contributed by atoms with Gasteiger partial charge in [0.15, 0.2) is 0 Å². The standard InChI is InChI=1S/C16H30N4O/c1-13-12-18(2)10-11-19(13)16(21)15-4-3-9-20(15)14-5-7-17-8-6-14/h13-15,17H,3-12H2,1-2H3. The minimum Gasteiger partial charge on any atom is -0.336 e. The maximum Gasteiger partial charge on any atom is 0.240 e. The van der Waals surface area contributed by atoms with E-state index in [0.717, 1.165) is 45.7 Å². The molecule has 3 heterocycles. The van der Waals surface area contributed by atoms with Crippen LogP contribution in [-0.4, -0.2) is 85.0 Å². The van der Waals surface area contributed by atoms with Gasteiger partial charge in [0, 0.05) is 31.7 Å². The summed E-state index contributed by atoms with van der Waals surface area (Å²) in [6.07, 6.45) is 4.63. The summed E-state index contributed by atoms with van der Waals surface area (Å²) in [5.74, 6) is 0.395. The topological polar surface area (TPSA) is 38.8 Å². The number of rotatable bonds is 2. The quantitative estimate of drug-likeness (QED) is 0.798. The Morgan fingerprint density at radius 3 is 2.57 bits per heavy atom. The van der Waals surface area contributed by atoms with Gasteiger partial charge in [0.25, 0.3) is 0 Å². The fraction of sp³-hybridized carbons (Fsp3) is 0.938. The summed E-state index contributed by atoms with van der Waals surface area (Å²) in [6.45, 7) is 8.43. The molecule has 3 aliphatic rings. The highest BCUT2D eigenvalue weighted by atomic mass is 16.2. The number of nitrogens with one attached hydrogen (secondary N) is 1. The first-order valence-electron chi connectivity index (χ1n) is 8.62. The van der Waals surface area contributed by atoms with Crippen molar-refractivity contribution in [1.82, 2.24) is 20.0 Å². The molecule has 0 saturated carbocycles. The largest absolute Gasteiger partial charge is 0.336 e. The molecule has 3 aliphatic heterocycles. The molecule has 0 aromatic heterocycles. The molecule has 0 bridgehead atoms. The van der Waals surface area contributed by atoms with Crippen molar-refractivity contribution in [3.8, 4) is 0 Å². The van der Waals surface area contributed by atoms with Crippen LogP contribution in [0.4, 0.5) is 0 Å². The molecule has 0 radical (unpaired) electrons. The van der Waals surface area contributed by atoms with Gasteiger partial charge in [-0.05, 0) is 59.3 Å². The predicted molar refractivity (Wildman–Crippen MR) is 84.3 cm³/mol. The van der Waals surface area contributed by atoms with Crippen molar-refractivity contribution in [2.45, 2.75) is 50.7 Å². The van der Waals surface area contributed by atoms with Gasteiger partial charge in [-0.1, -0.05) is 0 Å². The molecule has 0 aromatic carbocycles. The van der Waals surface area contributed by atoms with E-state index in [-0.39, 0.29) is 6.04 Å². The molecule has 1 N–H and O–H groups in total. The molecule has 0 spiro atoms. The molecule has 3 saturated heterocycles. The number of amides is 1. The van der Waals surface area contributed by atoms with Gasteiger partial charge in [-0.3, -0.25) is 9.69 Å². The molecule has 1 amide bonds. The smallest absolute Gasteiger partial charge is 0.240 e. The highest BCUT2D eigenvalue weighted by Gasteiger charge is 2.39. The van der Waals surface area contributed by atoms with Crippen molar-refractivity contribution in [3.05, 3.63) is 0 Å². The molecule has 3 fully saturated rings. The Labute approximate surface area is 128 Å². The summed E-state index contributed by atoms with van der Waals surface area (Å²) in [5.41, 5.74) is 0. The van der Waals surface area contributed by atoms with Gasteiger partial charge in [-0.25, -0.2) is 0 Å². The summed E-state index contributed by atoms with van der Waals surface area (Å²) in [4.78, 5) is 20.0. The lowest BCUT2D eigenvalue weighted by molar-refractivity contribution is -0.141. The fourth-order valence-electron chi connectivity index (χ4n) is 4.29. The van der Waals surface area contributed by atoms with Gasteiger partial charge in [-0.15, -0.1) is 0 Å². The Balaban J connectivity index is 1.65. The van der Waals surface area contributed by atoms with E-state index < -0.39 is 0 Å². The molecule has 5 nitrogen and oxygen atoms in total. The minimum atomic E-state index is 0.152. The molecule has 0 aliphatic carbocycles. The van der Waals surface area contributed by atoms with E-state index in [9.17, 15) is 4.79 Å². The Bertz CT molecular complexity index is 369. The fourth-order valence-corrected chi connectivity index (χ4v) is 4.29. The summed E-state index contributed by atoms with van der Waals surface area (Å²) < 4.78 is 0. The van der Waals surface area contributed by atoms with Crippen molar-refractivity contribution in [2.24, 2.45) is 0 Å². The SMILES string of the molecule is CC1CN(C)CCN1C(=O)C1CCCN1C1CCNCC1. The first-order valence-corrected chi connectivity index (χ1v) is 8.62. The second-order valence-corrected chi connectivity index (χ2v) is 7.02. The maximum absolute atomic E-state index is 13.0. The summed E-state index contributed by atoms with van der Waals surface area (Å²) in [7, 11) is 2.15. The Morgan fingerprint density at radius 1 is 1.10 bits per heavy atom. The van der Waals surface area contributed by atoms with Crippen molar-refractivity contribution >= 4 is 5.91 Å². The van der Waals surface area contributed by atoms with Crippen LogP contribution in [0.3, 0.4) is 0 Å². The summed E-state index contributed by atoms with van der Waals surface area (Å²) in [5, 5.41) is 3.43. The van der Waals surface area contributed by atoms with Crippen molar-refractivity contribution < 1.29 is 4.79 Å². The van der Waals surface area contributed by atoms with E-state index in [0.29, 0.717) is 18.0 Å². The number of likely N-dealkylation sites (tertiary alicyclic amines) is 1. The van der Waals surface area contributed by atoms with E-state index >= 15 is 0 Å². The van der Waals surface area contributed by atoms with Gasteiger partial charge in [0.05, 0.1) is 6.04 Å². The monoisotopic (exact) mass is 294 g/mol. The number of carbonyl (C=O) groups is 1. The van der Waals surface area contributed by atoms with Crippen LogP contribution >= 0.6 is 0 Å². The van der Waals surface area contributed by atoms with Gasteiger partial charge in [0.1, 0.15) is 0 Å². The minimum absolute atomic E-state index is 0.152. The zero-order valence-corrected chi connectivity index (χ0v) is 13.6. The van der Waals surface area contributed by atoms with E-state index in [4.69, 9.17) is 0 Å². The summed E-state index contributed by atoms with van der Waals surface area (Å²) >= 11 is 0. The molecule has 120 valence electrons. The number of likely N-dealkylation sites (N-methyl/N-ethyl adjacent to an activating group) is 1. The number of piperazine rings is 1.